The third-order valence-electron chi connectivity index (χ3n) is 7.09. The van der Waals surface area contributed by atoms with Crippen LogP contribution in [0.15, 0.2) is 11.6 Å². The molecule has 4 heteroatoms. The molecule has 0 unspecified atom stereocenters. The second-order valence-corrected chi connectivity index (χ2v) is 9.44. The Bertz CT molecular complexity index is 605. The quantitative estimate of drug-likeness (QED) is 0.364. The first kappa shape index (κ1) is 18.2. The zero-order chi connectivity index (χ0) is 18.3. The third kappa shape index (κ3) is 3.15. The summed E-state index contributed by atoms with van der Waals surface area (Å²) in [5.74, 6) is -0.884. The molecule has 5 atom stereocenters. The van der Waals surface area contributed by atoms with Crippen LogP contribution in [0, 0.1) is 29.1 Å². The Kier molecular flexibility index (Phi) is 4.98. The lowest BCUT2D eigenvalue weighted by Crippen LogP contribution is -2.36. The van der Waals surface area contributed by atoms with Crippen molar-refractivity contribution in [2.24, 2.45) is 29.1 Å². The molecule has 4 nitrogen and oxygen atoms in total. The highest BCUT2D eigenvalue weighted by molar-refractivity contribution is 5.97. The number of hydrogen-bond acceptors (Lipinski definition) is 4. The molecule has 2 heterocycles. The summed E-state index contributed by atoms with van der Waals surface area (Å²) in [6.45, 7) is 5.28. The average molecular weight is 360 g/mol. The zero-order valence-electron chi connectivity index (χ0n) is 16.2. The lowest BCUT2D eigenvalue weighted by atomic mass is 9.67. The van der Waals surface area contributed by atoms with Gasteiger partial charge in [0.1, 0.15) is 0 Å². The maximum Gasteiger partial charge on any atom is 0.318 e. The lowest BCUT2D eigenvalue weighted by molar-refractivity contribution is -0.154. The predicted octanol–water partition coefficient (Wildman–Crippen LogP) is 4.42. The van der Waals surface area contributed by atoms with E-state index in [9.17, 15) is 9.59 Å². The van der Waals surface area contributed by atoms with Crippen molar-refractivity contribution in [2.75, 3.05) is 6.61 Å². The summed E-state index contributed by atoms with van der Waals surface area (Å²) in [5.41, 5.74) is 1.28. The Balaban J connectivity index is 1.67. The second kappa shape index (κ2) is 7.10. The molecule has 144 valence electrons. The van der Waals surface area contributed by atoms with E-state index in [1.54, 1.807) is 0 Å². The van der Waals surface area contributed by atoms with Gasteiger partial charge in [0, 0.05) is 6.61 Å². The highest BCUT2D eigenvalue weighted by Crippen LogP contribution is 2.57. The van der Waals surface area contributed by atoms with Crippen LogP contribution in [-0.2, 0) is 19.1 Å². The fraction of sp³-hybridized carbons (Fsp3) is 0.818. The summed E-state index contributed by atoms with van der Waals surface area (Å²) in [6.07, 6.45) is 12.8. The van der Waals surface area contributed by atoms with Crippen molar-refractivity contribution in [3.8, 4) is 0 Å². The number of rotatable bonds is 0. The van der Waals surface area contributed by atoms with E-state index < -0.39 is 0 Å². The Hall–Kier alpha value is -1.16. The number of ether oxygens (including phenoxy) is 2. The number of carbonyl (C=O) groups excluding carboxylic acids is 2. The topological polar surface area (TPSA) is 52.6 Å². The summed E-state index contributed by atoms with van der Waals surface area (Å²) in [7, 11) is 0. The number of fused-ring (bicyclic) bond motifs is 4. The van der Waals surface area contributed by atoms with Gasteiger partial charge in [0.15, 0.2) is 0 Å². The monoisotopic (exact) mass is 360 g/mol. The lowest BCUT2D eigenvalue weighted by Gasteiger charge is -2.34. The Morgan fingerprint density at radius 1 is 0.923 bits per heavy atom. The molecule has 2 aliphatic carbocycles. The van der Waals surface area contributed by atoms with Crippen molar-refractivity contribution in [2.45, 2.75) is 77.7 Å². The number of esters is 2. The van der Waals surface area contributed by atoms with Gasteiger partial charge in [-0.15, -0.1) is 0 Å². The minimum Gasteiger partial charge on any atom is -0.393 e. The summed E-state index contributed by atoms with van der Waals surface area (Å²) >= 11 is 0. The first-order valence-corrected chi connectivity index (χ1v) is 10.6. The SMILES string of the molecule is CC1(C)C[C@@H]2C3=C[C@H](CCCCCCCCCO[C@@H]31)[C@@H]1C(=O)OC(=O)[C@@H]12. The van der Waals surface area contributed by atoms with Crippen LogP contribution in [0.1, 0.15) is 71.6 Å². The zero-order valence-corrected chi connectivity index (χ0v) is 16.2. The van der Waals surface area contributed by atoms with Gasteiger partial charge in [-0.3, -0.25) is 9.59 Å². The van der Waals surface area contributed by atoms with Crippen LogP contribution < -0.4 is 0 Å². The van der Waals surface area contributed by atoms with Crippen LogP contribution in [0.25, 0.3) is 0 Å². The molecule has 26 heavy (non-hydrogen) atoms. The van der Waals surface area contributed by atoms with Gasteiger partial charge >= 0.3 is 11.9 Å². The van der Waals surface area contributed by atoms with Crippen molar-refractivity contribution in [3.63, 3.8) is 0 Å². The first-order chi connectivity index (χ1) is 12.5. The van der Waals surface area contributed by atoms with Crippen LogP contribution in [0.3, 0.4) is 0 Å². The molecule has 4 rings (SSSR count). The van der Waals surface area contributed by atoms with E-state index in [-0.39, 0.29) is 47.1 Å². The van der Waals surface area contributed by atoms with Crippen LogP contribution in [0.5, 0.6) is 0 Å². The van der Waals surface area contributed by atoms with Gasteiger partial charge in [0.25, 0.3) is 0 Å². The predicted molar refractivity (Wildman–Crippen MR) is 98.2 cm³/mol. The van der Waals surface area contributed by atoms with Gasteiger partial charge in [-0.25, -0.2) is 0 Å². The maximum absolute atomic E-state index is 12.5. The van der Waals surface area contributed by atoms with Crippen LogP contribution in [0.4, 0.5) is 0 Å². The highest BCUT2D eigenvalue weighted by Gasteiger charge is 2.60. The fourth-order valence-electron chi connectivity index (χ4n) is 5.87. The highest BCUT2D eigenvalue weighted by atomic mass is 16.6. The van der Waals surface area contributed by atoms with Gasteiger partial charge in [-0.2, -0.15) is 0 Å². The van der Waals surface area contributed by atoms with Gasteiger partial charge < -0.3 is 9.47 Å². The number of carbonyl (C=O) groups is 2. The van der Waals surface area contributed by atoms with E-state index in [0.29, 0.717) is 0 Å². The van der Waals surface area contributed by atoms with Gasteiger partial charge in [-0.1, -0.05) is 58.4 Å². The van der Waals surface area contributed by atoms with E-state index in [1.165, 1.54) is 37.7 Å². The molecule has 4 aliphatic rings. The summed E-state index contributed by atoms with van der Waals surface area (Å²) < 4.78 is 11.5. The minimum absolute atomic E-state index is 0.00107. The molecule has 2 fully saturated rings. The molecular weight excluding hydrogens is 328 g/mol. The number of cyclic esters (lactones) is 2. The number of allylic oxidation sites excluding steroid dienone is 1. The smallest absolute Gasteiger partial charge is 0.318 e. The average Bonchev–Trinajstić information content (AvgIpc) is 3.02. The molecule has 1 saturated heterocycles. The van der Waals surface area contributed by atoms with Crippen LogP contribution >= 0.6 is 0 Å². The van der Waals surface area contributed by atoms with Crippen molar-refractivity contribution < 1.29 is 19.1 Å². The summed E-state index contributed by atoms with van der Waals surface area (Å²) in [4.78, 5) is 24.9. The second-order valence-electron chi connectivity index (χ2n) is 9.44. The molecule has 0 amide bonds. The molecule has 0 radical (unpaired) electrons. The standard InChI is InChI=1S/C22H32O4/c1-22(2)13-16-15-12-14(17-18(16)21(24)26-20(17)23)10-8-6-4-3-5-7-9-11-25-19(15)22/h12,14,16-19H,3-11,13H2,1-2H3/t14-,16+,17-,18+,19-/m0/s1. The molecule has 0 aromatic rings. The fourth-order valence-corrected chi connectivity index (χ4v) is 5.87. The molecule has 0 aromatic heterocycles. The molecule has 2 bridgehead atoms. The van der Waals surface area contributed by atoms with Crippen LogP contribution in [-0.4, -0.2) is 24.6 Å². The summed E-state index contributed by atoms with van der Waals surface area (Å²) in [6, 6.07) is 0. The van der Waals surface area contributed by atoms with Crippen molar-refractivity contribution >= 4 is 11.9 Å². The van der Waals surface area contributed by atoms with Gasteiger partial charge in [-0.05, 0) is 42.1 Å². The molecule has 0 aromatic carbocycles. The van der Waals surface area contributed by atoms with E-state index >= 15 is 0 Å². The van der Waals surface area contributed by atoms with Crippen LogP contribution in [0.2, 0.25) is 0 Å². The number of hydrogen-bond donors (Lipinski definition) is 0. The van der Waals surface area contributed by atoms with E-state index in [4.69, 9.17) is 9.47 Å². The Labute approximate surface area is 156 Å². The molecular formula is C22H32O4. The summed E-state index contributed by atoms with van der Waals surface area (Å²) in [5, 5.41) is 0. The van der Waals surface area contributed by atoms with Crippen molar-refractivity contribution in [3.05, 3.63) is 11.6 Å². The molecule has 1 saturated carbocycles. The van der Waals surface area contributed by atoms with Gasteiger partial charge in [0.2, 0.25) is 0 Å². The Morgan fingerprint density at radius 2 is 1.58 bits per heavy atom. The third-order valence-corrected chi connectivity index (χ3v) is 7.09. The van der Waals surface area contributed by atoms with Crippen molar-refractivity contribution in [1.29, 1.82) is 0 Å². The molecule has 0 N–H and O–H groups in total. The first-order valence-electron chi connectivity index (χ1n) is 10.6. The van der Waals surface area contributed by atoms with Gasteiger partial charge in [0.05, 0.1) is 17.9 Å². The Morgan fingerprint density at radius 3 is 2.35 bits per heavy atom. The van der Waals surface area contributed by atoms with E-state index in [1.807, 2.05) is 0 Å². The molecule has 2 aliphatic heterocycles. The van der Waals surface area contributed by atoms with E-state index in [2.05, 4.69) is 19.9 Å². The maximum atomic E-state index is 12.5. The normalized spacial score (nSPS) is 40.4. The van der Waals surface area contributed by atoms with Crippen molar-refractivity contribution in [1.82, 2.24) is 0 Å². The minimum atomic E-state index is -0.293. The largest absolute Gasteiger partial charge is 0.393 e. The molecule has 0 spiro atoms. The van der Waals surface area contributed by atoms with E-state index in [0.717, 1.165) is 32.3 Å².